The fourth-order valence-corrected chi connectivity index (χ4v) is 1.08. The fraction of sp³-hybridized carbons (Fsp3) is 0. The molecule has 60 valence electrons. The van der Waals surface area contributed by atoms with Gasteiger partial charge in [-0.1, -0.05) is 0 Å². The van der Waals surface area contributed by atoms with Gasteiger partial charge in [0.05, 0.1) is 5.69 Å². The molecule has 0 aliphatic carbocycles. The minimum atomic E-state index is -0.684. The smallest absolute Gasteiger partial charge is 0.166 e. The van der Waals surface area contributed by atoms with Crippen molar-refractivity contribution in [2.75, 3.05) is 5.43 Å². The molecule has 0 atom stereocenters. The molecule has 0 radical (unpaired) electrons. The van der Waals surface area contributed by atoms with Gasteiger partial charge in [0.15, 0.2) is 11.6 Å². The molecule has 0 unspecified atom stereocenters. The third kappa shape index (κ3) is 1.61. The highest BCUT2D eigenvalue weighted by Crippen LogP contribution is 2.28. The number of aromatic hydroxyl groups is 1. The van der Waals surface area contributed by atoms with E-state index in [0.29, 0.717) is 10.2 Å². The summed E-state index contributed by atoms with van der Waals surface area (Å²) in [6, 6.07) is 2.32. The number of phenols is 1. The van der Waals surface area contributed by atoms with Gasteiger partial charge >= 0.3 is 0 Å². The molecule has 0 bridgehead atoms. The van der Waals surface area contributed by atoms with Gasteiger partial charge in [-0.25, -0.2) is 4.39 Å². The van der Waals surface area contributed by atoms with Crippen molar-refractivity contribution in [3.63, 3.8) is 0 Å². The number of halogens is 2. The van der Waals surface area contributed by atoms with Crippen LogP contribution in [0.2, 0.25) is 0 Å². The zero-order valence-corrected chi connectivity index (χ0v) is 7.02. The molecular weight excluding hydrogens is 215 g/mol. The monoisotopic (exact) mass is 220 g/mol. The highest BCUT2D eigenvalue weighted by Gasteiger charge is 2.04. The normalized spacial score (nSPS) is 9.73. The average Bonchev–Trinajstić information content (AvgIpc) is 1.97. The highest BCUT2D eigenvalue weighted by atomic mass is 79.9. The van der Waals surface area contributed by atoms with Crippen LogP contribution in [0, 0.1) is 5.82 Å². The van der Waals surface area contributed by atoms with Gasteiger partial charge in [-0.3, -0.25) is 5.84 Å². The molecule has 0 spiro atoms. The Bertz CT molecular complexity index is 280. The zero-order chi connectivity index (χ0) is 8.43. The van der Waals surface area contributed by atoms with E-state index in [0.717, 1.165) is 6.07 Å². The maximum atomic E-state index is 12.5. The van der Waals surface area contributed by atoms with Gasteiger partial charge in [-0.05, 0) is 22.0 Å². The molecule has 11 heavy (non-hydrogen) atoms. The Balaban J connectivity index is 3.21. The van der Waals surface area contributed by atoms with Crippen molar-refractivity contribution >= 4 is 21.6 Å². The van der Waals surface area contributed by atoms with Crippen LogP contribution in [-0.4, -0.2) is 5.11 Å². The molecule has 1 aromatic carbocycles. The van der Waals surface area contributed by atoms with Crippen molar-refractivity contribution < 1.29 is 9.50 Å². The quantitative estimate of drug-likeness (QED) is 0.498. The molecule has 5 heteroatoms. The number of hydrazine groups is 1. The van der Waals surface area contributed by atoms with Crippen molar-refractivity contribution in [3.8, 4) is 5.75 Å². The molecule has 1 aromatic rings. The maximum absolute atomic E-state index is 12.5. The number of benzene rings is 1. The van der Waals surface area contributed by atoms with E-state index >= 15 is 0 Å². The Kier molecular flexibility index (Phi) is 2.31. The van der Waals surface area contributed by atoms with Gasteiger partial charge in [-0.2, -0.15) is 0 Å². The lowest BCUT2D eigenvalue weighted by Crippen LogP contribution is -2.07. The number of nitrogens with one attached hydrogen (secondary N) is 1. The summed E-state index contributed by atoms with van der Waals surface area (Å²) in [6.07, 6.45) is 0. The Morgan fingerprint density at radius 2 is 2.18 bits per heavy atom. The van der Waals surface area contributed by atoms with Gasteiger partial charge in [0.2, 0.25) is 0 Å². The number of hydrogen-bond donors (Lipinski definition) is 3. The summed E-state index contributed by atoms with van der Waals surface area (Å²) >= 11 is 3.05. The fourth-order valence-electron chi connectivity index (χ4n) is 0.648. The lowest BCUT2D eigenvalue weighted by molar-refractivity contribution is 0.432. The summed E-state index contributed by atoms with van der Waals surface area (Å²) in [4.78, 5) is 0. The first kappa shape index (κ1) is 8.29. The molecule has 4 N–H and O–H groups in total. The Hall–Kier alpha value is -0.810. The summed E-state index contributed by atoms with van der Waals surface area (Å²) in [5, 5.41) is 8.86. The molecule has 0 aliphatic heterocycles. The lowest BCUT2D eigenvalue weighted by atomic mass is 10.3. The summed E-state index contributed by atoms with van der Waals surface area (Å²) in [5.74, 6) is 3.94. The Morgan fingerprint density at radius 3 is 2.73 bits per heavy atom. The van der Waals surface area contributed by atoms with Crippen LogP contribution in [0.1, 0.15) is 0 Å². The van der Waals surface area contributed by atoms with E-state index in [2.05, 4.69) is 21.4 Å². The van der Waals surface area contributed by atoms with Crippen molar-refractivity contribution in [1.29, 1.82) is 0 Å². The van der Waals surface area contributed by atoms with E-state index in [1.165, 1.54) is 6.07 Å². The summed E-state index contributed by atoms with van der Waals surface area (Å²) < 4.78 is 13.0. The molecule has 0 fully saturated rings. The molecule has 1 rings (SSSR count). The summed E-state index contributed by atoms with van der Waals surface area (Å²) in [6.45, 7) is 0. The SMILES string of the molecule is NNc1cc(O)c(F)cc1Br. The topological polar surface area (TPSA) is 58.3 Å². The number of hydrogen-bond acceptors (Lipinski definition) is 3. The van der Waals surface area contributed by atoms with E-state index in [1.54, 1.807) is 0 Å². The summed E-state index contributed by atoms with van der Waals surface area (Å²) in [5.41, 5.74) is 2.72. The van der Waals surface area contributed by atoms with Crippen LogP contribution in [0.25, 0.3) is 0 Å². The first-order valence-corrected chi connectivity index (χ1v) is 3.59. The van der Waals surface area contributed by atoms with Crippen LogP contribution in [0.3, 0.4) is 0 Å². The number of nitrogens with two attached hydrogens (primary N) is 1. The van der Waals surface area contributed by atoms with Gasteiger partial charge in [-0.15, -0.1) is 0 Å². The molecule has 0 heterocycles. The highest BCUT2D eigenvalue weighted by molar-refractivity contribution is 9.10. The number of rotatable bonds is 1. The minimum absolute atomic E-state index is 0.429. The maximum Gasteiger partial charge on any atom is 0.166 e. The molecule has 3 nitrogen and oxygen atoms in total. The van der Waals surface area contributed by atoms with Crippen molar-refractivity contribution in [3.05, 3.63) is 22.4 Å². The second-order valence-electron chi connectivity index (χ2n) is 1.93. The van der Waals surface area contributed by atoms with Crippen LogP contribution in [0.15, 0.2) is 16.6 Å². The third-order valence-corrected chi connectivity index (χ3v) is 1.85. The third-order valence-electron chi connectivity index (χ3n) is 1.19. The molecule has 0 saturated heterocycles. The van der Waals surface area contributed by atoms with Crippen LogP contribution in [-0.2, 0) is 0 Å². The molecule has 0 saturated carbocycles. The van der Waals surface area contributed by atoms with Gasteiger partial charge in [0.25, 0.3) is 0 Å². The average molecular weight is 221 g/mol. The largest absolute Gasteiger partial charge is 0.505 e. The van der Waals surface area contributed by atoms with Gasteiger partial charge in [0, 0.05) is 10.5 Å². The molecule has 0 aromatic heterocycles. The second-order valence-corrected chi connectivity index (χ2v) is 2.78. The first-order chi connectivity index (χ1) is 5.15. The van der Waals surface area contributed by atoms with E-state index < -0.39 is 11.6 Å². The minimum Gasteiger partial charge on any atom is -0.505 e. The molecule has 0 aliphatic rings. The van der Waals surface area contributed by atoms with Crippen LogP contribution >= 0.6 is 15.9 Å². The second kappa shape index (κ2) is 3.06. The lowest BCUT2D eigenvalue weighted by Gasteiger charge is -2.03. The van der Waals surface area contributed by atoms with E-state index in [-0.39, 0.29) is 0 Å². The van der Waals surface area contributed by atoms with Crippen LogP contribution < -0.4 is 11.3 Å². The van der Waals surface area contributed by atoms with Crippen LogP contribution in [0.5, 0.6) is 5.75 Å². The molecule has 0 amide bonds. The van der Waals surface area contributed by atoms with Gasteiger partial charge in [0.1, 0.15) is 0 Å². The predicted octanol–water partition coefficient (Wildman–Crippen LogP) is 1.58. The van der Waals surface area contributed by atoms with Gasteiger partial charge < -0.3 is 10.5 Å². The van der Waals surface area contributed by atoms with Crippen molar-refractivity contribution in [1.82, 2.24) is 0 Å². The van der Waals surface area contributed by atoms with Crippen LogP contribution in [0.4, 0.5) is 10.1 Å². The van der Waals surface area contributed by atoms with E-state index in [1.807, 2.05) is 0 Å². The molecular formula is C6H6BrFN2O. The number of anilines is 1. The zero-order valence-electron chi connectivity index (χ0n) is 5.44. The summed E-state index contributed by atoms with van der Waals surface area (Å²) in [7, 11) is 0. The van der Waals surface area contributed by atoms with E-state index in [9.17, 15) is 4.39 Å². The predicted molar refractivity (Wildman–Crippen MR) is 43.6 cm³/mol. The first-order valence-electron chi connectivity index (χ1n) is 2.79. The van der Waals surface area contributed by atoms with Crippen molar-refractivity contribution in [2.45, 2.75) is 0 Å². The van der Waals surface area contributed by atoms with E-state index in [4.69, 9.17) is 10.9 Å². The Labute approximate surface area is 71.1 Å². The Morgan fingerprint density at radius 1 is 1.55 bits per heavy atom. The van der Waals surface area contributed by atoms with Crippen molar-refractivity contribution in [2.24, 2.45) is 5.84 Å². The standard InChI is InChI=1S/C6H6BrFN2O/c7-3-1-4(8)6(11)2-5(3)10-9/h1-2,10-11H,9H2. The number of nitrogen functional groups attached to an aromatic ring is 1. The number of phenolic OH excluding ortho intramolecular Hbond substituents is 1.